The molecule has 1 heterocycles. The second-order valence-corrected chi connectivity index (χ2v) is 11.2. The van der Waals surface area contributed by atoms with E-state index < -0.39 is 37.8 Å². The molecule has 3 rings (SSSR count). The molecule has 1 aliphatic rings. The van der Waals surface area contributed by atoms with Gasteiger partial charge < -0.3 is 5.32 Å². The van der Waals surface area contributed by atoms with Crippen LogP contribution >= 0.6 is 0 Å². The number of rotatable bonds is 7. The second-order valence-electron chi connectivity index (χ2n) is 7.68. The number of carbonyl (C=O) groups is 2. The number of nitrogens with zero attached hydrogens (tertiary/aromatic N) is 2. The zero-order valence-electron chi connectivity index (χ0n) is 19.2. The molecule has 0 aromatic heterocycles. The van der Waals surface area contributed by atoms with E-state index in [0.29, 0.717) is 5.56 Å². The number of nitrogens with one attached hydrogen (secondary N) is 2. The maximum atomic E-state index is 13.1. The Morgan fingerprint density at radius 1 is 1.12 bits per heavy atom. The molecule has 182 valence electrons. The first kappa shape index (κ1) is 25.4. The number of amides is 2. The van der Waals surface area contributed by atoms with Crippen LogP contribution in [0.5, 0.6) is 0 Å². The van der Waals surface area contributed by atoms with Gasteiger partial charge in [0.25, 0.3) is 20.0 Å². The number of sulfonamides is 2. The molecule has 1 aliphatic heterocycles. The number of aliphatic imine (C=N–C) groups is 1. The summed E-state index contributed by atoms with van der Waals surface area (Å²) in [5.41, 5.74) is 1.04. The highest BCUT2D eigenvalue weighted by molar-refractivity contribution is 7.90. The molecule has 0 fully saturated rings. The van der Waals surface area contributed by atoms with Crippen molar-refractivity contribution in [3.8, 4) is 0 Å². The summed E-state index contributed by atoms with van der Waals surface area (Å²) in [6, 6.07) is 10.4. The summed E-state index contributed by atoms with van der Waals surface area (Å²) in [5.74, 6) is -2.13. The van der Waals surface area contributed by atoms with Crippen molar-refractivity contribution in [2.24, 2.45) is 10.9 Å². The van der Waals surface area contributed by atoms with E-state index in [4.69, 9.17) is 0 Å². The molecule has 0 aliphatic carbocycles. The average Bonchev–Trinajstić information content (AvgIpc) is 2.79. The van der Waals surface area contributed by atoms with Gasteiger partial charge >= 0.3 is 0 Å². The van der Waals surface area contributed by atoms with Gasteiger partial charge in [0.2, 0.25) is 11.8 Å². The molecule has 1 unspecified atom stereocenters. The fourth-order valence-electron chi connectivity index (χ4n) is 3.38. The van der Waals surface area contributed by atoms with Crippen molar-refractivity contribution in [1.29, 1.82) is 0 Å². The van der Waals surface area contributed by atoms with Crippen LogP contribution in [0.15, 0.2) is 57.2 Å². The molecule has 10 nitrogen and oxygen atoms in total. The van der Waals surface area contributed by atoms with E-state index in [1.54, 1.807) is 32.0 Å². The molecule has 0 saturated heterocycles. The van der Waals surface area contributed by atoms with Gasteiger partial charge in [0.05, 0.1) is 16.5 Å². The maximum absolute atomic E-state index is 13.1. The smallest absolute Gasteiger partial charge is 0.267 e. The Kier molecular flexibility index (Phi) is 7.13. The number of anilines is 1. The van der Waals surface area contributed by atoms with E-state index in [9.17, 15) is 26.4 Å². The molecular formula is C22H26N4O6S2. The van der Waals surface area contributed by atoms with Crippen LogP contribution in [0.4, 0.5) is 11.4 Å². The van der Waals surface area contributed by atoms with Crippen LogP contribution in [0.25, 0.3) is 0 Å². The fourth-order valence-corrected chi connectivity index (χ4v) is 6.11. The topological polar surface area (TPSA) is 142 Å². The number of hydrogen-bond acceptors (Lipinski definition) is 7. The van der Waals surface area contributed by atoms with Crippen LogP contribution in [-0.2, 0) is 29.6 Å². The molecule has 0 spiro atoms. The van der Waals surface area contributed by atoms with Crippen LogP contribution in [0.3, 0.4) is 0 Å². The van der Waals surface area contributed by atoms with Crippen molar-refractivity contribution in [2.75, 3.05) is 11.9 Å². The highest BCUT2D eigenvalue weighted by Gasteiger charge is 2.37. The Morgan fingerprint density at radius 3 is 2.44 bits per heavy atom. The zero-order chi connectivity index (χ0) is 25.3. The van der Waals surface area contributed by atoms with E-state index in [-0.39, 0.29) is 40.0 Å². The van der Waals surface area contributed by atoms with Gasteiger partial charge in [0.15, 0.2) is 0 Å². The van der Waals surface area contributed by atoms with E-state index in [1.165, 1.54) is 38.1 Å². The molecule has 2 aromatic rings. The van der Waals surface area contributed by atoms with Gasteiger partial charge in [-0.2, -0.15) is 0 Å². The summed E-state index contributed by atoms with van der Waals surface area (Å²) in [4.78, 5) is 29.0. The second kappa shape index (κ2) is 9.55. The van der Waals surface area contributed by atoms with Crippen LogP contribution in [0.1, 0.15) is 32.8 Å². The maximum Gasteiger partial charge on any atom is 0.267 e. The number of benzene rings is 2. The van der Waals surface area contributed by atoms with Crippen LogP contribution in [0.2, 0.25) is 0 Å². The Labute approximate surface area is 199 Å². The molecule has 1 atom stereocenters. The first-order valence-electron chi connectivity index (χ1n) is 10.6. The minimum absolute atomic E-state index is 0.00568. The Morgan fingerprint density at radius 2 is 1.79 bits per heavy atom. The van der Waals surface area contributed by atoms with Crippen LogP contribution in [0, 0.1) is 12.8 Å². The molecule has 0 radical (unpaired) electrons. The summed E-state index contributed by atoms with van der Waals surface area (Å²) in [6.45, 7) is 6.46. The van der Waals surface area contributed by atoms with E-state index in [0.717, 1.165) is 4.31 Å². The summed E-state index contributed by atoms with van der Waals surface area (Å²) in [6.07, 6.45) is -0.00568. The lowest BCUT2D eigenvalue weighted by molar-refractivity contribution is -0.119. The molecule has 0 bridgehead atoms. The SMILES string of the molecule is CCC(=O)NS(=O)(=O)c1ccc(C)c(NC(=O)C(C)C2=Nc3ccccc3S(=O)(=O)N2CC)c1. The Balaban J connectivity index is 1.93. The van der Waals surface area contributed by atoms with E-state index >= 15 is 0 Å². The predicted molar refractivity (Wildman–Crippen MR) is 128 cm³/mol. The highest BCUT2D eigenvalue weighted by atomic mass is 32.2. The Hall–Kier alpha value is -3.25. The van der Waals surface area contributed by atoms with Crippen molar-refractivity contribution in [1.82, 2.24) is 9.03 Å². The fraction of sp³-hybridized carbons (Fsp3) is 0.318. The van der Waals surface area contributed by atoms with Crippen molar-refractivity contribution in [3.63, 3.8) is 0 Å². The molecule has 12 heteroatoms. The first-order chi connectivity index (χ1) is 15.9. The van der Waals surface area contributed by atoms with Gasteiger partial charge in [0.1, 0.15) is 10.7 Å². The van der Waals surface area contributed by atoms with E-state index in [2.05, 4.69) is 10.3 Å². The zero-order valence-corrected chi connectivity index (χ0v) is 20.8. The highest BCUT2D eigenvalue weighted by Crippen LogP contribution is 2.34. The van der Waals surface area contributed by atoms with Crippen LogP contribution in [-0.4, -0.2) is 45.3 Å². The number of para-hydroxylation sites is 1. The Bertz CT molecular complexity index is 1380. The van der Waals surface area contributed by atoms with Crippen molar-refractivity contribution < 1.29 is 26.4 Å². The molecule has 2 amide bonds. The molecular weight excluding hydrogens is 480 g/mol. The average molecular weight is 507 g/mol. The van der Waals surface area contributed by atoms with Gasteiger partial charge in [-0.15, -0.1) is 0 Å². The monoisotopic (exact) mass is 506 g/mol. The lowest BCUT2D eigenvalue weighted by Gasteiger charge is -2.31. The van der Waals surface area contributed by atoms with Gasteiger partial charge in [-0.1, -0.05) is 25.1 Å². The number of carbonyl (C=O) groups excluding carboxylic acids is 2. The minimum Gasteiger partial charge on any atom is -0.325 e. The number of aryl methyl sites for hydroxylation is 1. The predicted octanol–water partition coefficient (Wildman–Crippen LogP) is 2.54. The van der Waals surface area contributed by atoms with Gasteiger partial charge in [-0.3, -0.25) is 13.9 Å². The standard InChI is InChI=1S/C22H26N4O6S2/c1-5-20(27)25-33(29,30)16-12-11-14(3)18(13-16)24-22(28)15(4)21-23-17-9-7-8-10-19(17)34(31,32)26(21)6-2/h7-13,15H,5-6H2,1-4H3,(H,24,28)(H,25,27). The van der Waals surface area contributed by atoms with Gasteiger partial charge in [-0.25, -0.2) is 26.6 Å². The first-order valence-corrected chi connectivity index (χ1v) is 13.5. The molecule has 0 saturated carbocycles. The number of hydrogen-bond donors (Lipinski definition) is 2. The van der Waals surface area contributed by atoms with Crippen molar-refractivity contribution >= 4 is 49.1 Å². The summed E-state index contributed by atoms with van der Waals surface area (Å²) < 4.78 is 54.1. The third kappa shape index (κ3) is 4.82. The lowest BCUT2D eigenvalue weighted by Crippen LogP contribution is -2.45. The van der Waals surface area contributed by atoms with Crippen molar-refractivity contribution in [2.45, 2.75) is 43.9 Å². The minimum atomic E-state index is -4.11. The largest absolute Gasteiger partial charge is 0.325 e. The molecule has 2 aromatic carbocycles. The number of fused-ring (bicyclic) bond motifs is 1. The van der Waals surface area contributed by atoms with Crippen molar-refractivity contribution in [3.05, 3.63) is 48.0 Å². The quantitative estimate of drug-likeness (QED) is 0.591. The third-order valence-electron chi connectivity index (χ3n) is 5.34. The van der Waals surface area contributed by atoms with Gasteiger partial charge in [0, 0.05) is 18.7 Å². The van der Waals surface area contributed by atoms with Crippen LogP contribution < -0.4 is 10.0 Å². The summed E-state index contributed by atoms with van der Waals surface area (Å²) >= 11 is 0. The molecule has 34 heavy (non-hydrogen) atoms. The number of amidine groups is 1. The lowest BCUT2D eigenvalue weighted by atomic mass is 10.1. The summed E-state index contributed by atoms with van der Waals surface area (Å²) in [5, 5.41) is 2.66. The summed E-state index contributed by atoms with van der Waals surface area (Å²) in [7, 11) is -7.99. The molecule has 2 N–H and O–H groups in total. The van der Waals surface area contributed by atoms with E-state index in [1.807, 2.05) is 4.72 Å². The normalized spacial score (nSPS) is 15.6. The third-order valence-corrected chi connectivity index (χ3v) is 8.64. The van der Waals surface area contributed by atoms with Gasteiger partial charge in [-0.05, 0) is 50.6 Å².